The van der Waals surface area contributed by atoms with Gasteiger partial charge in [0.2, 0.25) is 10.0 Å². The van der Waals surface area contributed by atoms with E-state index < -0.39 is 28.0 Å². The van der Waals surface area contributed by atoms with Crippen LogP contribution < -0.4 is 20.1 Å². The van der Waals surface area contributed by atoms with Crippen LogP contribution in [0.3, 0.4) is 0 Å². The normalized spacial score (nSPS) is 18.2. The molecule has 3 amide bonds. The number of carbonyl (C=O) groups excluding carboxylic acids is 2. The molecular formula is C13H17N3O5S. The van der Waals surface area contributed by atoms with E-state index in [9.17, 15) is 18.0 Å². The van der Waals surface area contributed by atoms with E-state index in [2.05, 4.69) is 10.0 Å². The first kappa shape index (κ1) is 16.2. The third kappa shape index (κ3) is 3.95. The molecule has 8 nitrogen and oxygen atoms in total. The van der Waals surface area contributed by atoms with Gasteiger partial charge in [0, 0.05) is 6.54 Å². The van der Waals surface area contributed by atoms with E-state index in [0.717, 1.165) is 0 Å². The quantitative estimate of drug-likeness (QED) is 0.635. The number of ether oxygens (including phenoxy) is 1. The van der Waals surface area contributed by atoms with Crippen molar-refractivity contribution in [3.8, 4) is 5.75 Å². The third-order valence-corrected chi connectivity index (χ3v) is 4.28. The maximum Gasteiger partial charge on any atom is 0.322 e. The zero-order chi connectivity index (χ0) is 16.3. The van der Waals surface area contributed by atoms with Crippen molar-refractivity contribution in [2.24, 2.45) is 0 Å². The lowest BCUT2D eigenvalue weighted by Gasteiger charge is -2.12. The molecule has 1 heterocycles. The largest absolute Gasteiger partial charge is 0.491 e. The van der Waals surface area contributed by atoms with Crippen LogP contribution in [0.4, 0.5) is 4.79 Å². The smallest absolute Gasteiger partial charge is 0.322 e. The van der Waals surface area contributed by atoms with E-state index in [1.807, 2.05) is 19.2 Å². The van der Waals surface area contributed by atoms with Gasteiger partial charge in [-0.15, -0.1) is 0 Å². The van der Waals surface area contributed by atoms with Crippen LogP contribution in [0, 0.1) is 0 Å². The zero-order valence-corrected chi connectivity index (χ0v) is 12.9. The highest BCUT2D eigenvalue weighted by Crippen LogP contribution is 2.17. The van der Waals surface area contributed by atoms with Crippen molar-refractivity contribution in [1.82, 2.24) is 15.4 Å². The Hall–Kier alpha value is -2.13. The SMILES string of the molecule is CC(C)Oc1ccc(S(=O)(=O)NCC2NC(=O)NC2=O)cc1. The summed E-state index contributed by atoms with van der Waals surface area (Å²) in [6, 6.07) is 4.38. The van der Waals surface area contributed by atoms with E-state index in [4.69, 9.17) is 4.74 Å². The molecule has 120 valence electrons. The maximum atomic E-state index is 12.1. The molecule has 1 atom stereocenters. The maximum absolute atomic E-state index is 12.1. The number of hydrogen-bond acceptors (Lipinski definition) is 5. The molecule has 0 spiro atoms. The van der Waals surface area contributed by atoms with E-state index >= 15 is 0 Å². The summed E-state index contributed by atoms with van der Waals surface area (Å²) in [6.07, 6.45) is -0.00919. The first-order valence-corrected chi connectivity index (χ1v) is 8.14. The van der Waals surface area contributed by atoms with Gasteiger partial charge in [0.15, 0.2) is 0 Å². The van der Waals surface area contributed by atoms with Crippen molar-refractivity contribution in [3.05, 3.63) is 24.3 Å². The molecule has 3 N–H and O–H groups in total. The summed E-state index contributed by atoms with van der Waals surface area (Å²) in [5.41, 5.74) is 0. The van der Waals surface area contributed by atoms with Gasteiger partial charge in [-0.05, 0) is 38.1 Å². The molecule has 2 rings (SSSR count). The summed E-state index contributed by atoms with van der Waals surface area (Å²) in [7, 11) is -3.77. The average Bonchev–Trinajstić information content (AvgIpc) is 2.75. The summed E-state index contributed by atoms with van der Waals surface area (Å²) >= 11 is 0. The average molecular weight is 327 g/mol. The lowest BCUT2D eigenvalue weighted by molar-refractivity contribution is -0.120. The molecule has 0 saturated carbocycles. The van der Waals surface area contributed by atoms with Crippen LogP contribution in [0.1, 0.15) is 13.8 Å². The van der Waals surface area contributed by atoms with Gasteiger partial charge < -0.3 is 10.1 Å². The number of benzene rings is 1. The summed E-state index contributed by atoms with van der Waals surface area (Å²) in [4.78, 5) is 22.3. The van der Waals surface area contributed by atoms with E-state index in [1.165, 1.54) is 12.1 Å². The number of urea groups is 1. The number of sulfonamides is 1. The lowest BCUT2D eigenvalue weighted by Crippen LogP contribution is -2.41. The van der Waals surface area contributed by atoms with Gasteiger partial charge in [-0.1, -0.05) is 0 Å². The molecule has 9 heteroatoms. The number of imide groups is 1. The molecule has 1 saturated heterocycles. The fourth-order valence-corrected chi connectivity index (χ4v) is 2.90. The van der Waals surface area contributed by atoms with E-state index in [-0.39, 0.29) is 17.5 Å². The van der Waals surface area contributed by atoms with Crippen molar-refractivity contribution in [2.45, 2.75) is 30.9 Å². The van der Waals surface area contributed by atoms with Crippen molar-refractivity contribution in [1.29, 1.82) is 0 Å². The molecule has 0 radical (unpaired) electrons. The molecular weight excluding hydrogens is 310 g/mol. The Morgan fingerprint density at radius 3 is 2.36 bits per heavy atom. The highest BCUT2D eigenvalue weighted by molar-refractivity contribution is 7.89. The molecule has 1 aliphatic rings. The predicted molar refractivity (Wildman–Crippen MR) is 77.9 cm³/mol. The Labute approximate surface area is 128 Å². The van der Waals surface area contributed by atoms with Crippen LogP contribution in [0.25, 0.3) is 0 Å². The van der Waals surface area contributed by atoms with Crippen LogP contribution in [0.5, 0.6) is 5.75 Å². The van der Waals surface area contributed by atoms with Crippen molar-refractivity contribution < 1.29 is 22.7 Å². The minimum absolute atomic E-state index is 0.00919. The van der Waals surface area contributed by atoms with Gasteiger partial charge in [-0.2, -0.15) is 0 Å². The van der Waals surface area contributed by atoms with Crippen molar-refractivity contribution >= 4 is 22.0 Å². The molecule has 22 heavy (non-hydrogen) atoms. The molecule has 0 aromatic heterocycles. The first-order valence-electron chi connectivity index (χ1n) is 6.65. The van der Waals surface area contributed by atoms with Gasteiger partial charge in [0.1, 0.15) is 11.8 Å². The van der Waals surface area contributed by atoms with Gasteiger partial charge >= 0.3 is 6.03 Å². The Bertz CT molecular complexity index is 669. The predicted octanol–water partition coefficient (Wildman–Crippen LogP) is -0.0399. The van der Waals surface area contributed by atoms with Crippen molar-refractivity contribution in [3.63, 3.8) is 0 Å². The molecule has 1 fully saturated rings. The standard InChI is InChI=1S/C13H17N3O5S/c1-8(2)21-9-3-5-10(6-4-9)22(19,20)14-7-11-12(17)16-13(18)15-11/h3-6,8,11,14H,7H2,1-2H3,(H2,15,16,17,18). The van der Waals surface area contributed by atoms with E-state index in [0.29, 0.717) is 5.75 Å². The van der Waals surface area contributed by atoms with E-state index in [1.54, 1.807) is 12.1 Å². The minimum atomic E-state index is -3.77. The fourth-order valence-electron chi connectivity index (χ4n) is 1.85. The van der Waals surface area contributed by atoms with Gasteiger partial charge in [0.05, 0.1) is 11.0 Å². The third-order valence-electron chi connectivity index (χ3n) is 2.84. The number of carbonyl (C=O) groups is 2. The Kier molecular flexibility index (Phi) is 4.67. The minimum Gasteiger partial charge on any atom is -0.491 e. The van der Waals surface area contributed by atoms with Crippen LogP contribution >= 0.6 is 0 Å². The molecule has 0 aliphatic carbocycles. The second-order valence-corrected chi connectivity index (χ2v) is 6.77. The summed E-state index contributed by atoms with van der Waals surface area (Å²) in [6.45, 7) is 3.52. The molecule has 1 aliphatic heterocycles. The summed E-state index contributed by atoms with van der Waals surface area (Å²) in [5.74, 6) is 0.00441. The van der Waals surface area contributed by atoms with Crippen LogP contribution in [0.15, 0.2) is 29.2 Å². The molecule has 1 unspecified atom stereocenters. The Morgan fingerprint density at radius 1 is 1.23 bits per heavy atom. The molecule has 0 bridgehead atoms. The molecule has 1 aromatic rings. The summed E-state index contributed by atoms with van der Waals surface area (Å²) in [5, 5.41) is 4.34. The van der Waals surface area contributed by atoms with Gasteiger partial charge in [-0.25, -0.2) is 17.9 Å². The van der Waals surface area contributed by atoms with Gasteiger partial charge in [0.25, 0.3) is 5.91 Å². The molecule has 1 aromatic carbocycles. The Morgan fingerprint density at radius 2 is 1.86 bits per heavy atom. The van der Waals surface area contributed by atoms with Crippen LogP contribution in [-0.2, 0) is 14.8 Å². The highest BCUT2D eigenvalue weighted by atomic mass is 32.2. The Balaban J connectivity index is 2.01. The van der Waals surface area contributed by atoms with Gasteiger partial charge in [-0.3, -0.25) is 10.1 Å². The second-order valence-electron chi connectivity index (χ2n) is 5.01. The fraction of sp³-hybridized carbons (Fsp3) is 0.385. The van der Waals surface area contributed by atoms with Crippen LogP contribution in [-0.4, -0.2) is 39.0 Å². The number of amides is 3. The summed E-state index contributed by atoms with van der Waals surface area (Å²) < 4.78 is 31.9. The van der Waals surface area contributed by atoms with Crippen molar-refractivity contribution in [2.75, 3.05) is 6.54 Å². The highest BCUT2D eigenvalue weighted by Gasteiger charge is 2.30. The first-order chi connectivity index (χ1) is 10.3. The second kappa shape index (κ2) is 6.32. The van der Waals surface area contributed by atoms with Crippen LogP contribution in [0.2, 0.25) is 0 Å². The zero-order valence-electron chi connectivity index (χ0n) is 12.1. The number of rotatable bonds is 6. The monoisotopic (exact) mass is 327 g/mol. The number of nitrogens with one attached hydrogen (secondary N) is 3. The topological polar surface area (TPSA) is 114 Å². The lowest BCUT2D eigenvalue weighted by atomic mass is 10.3. The number of hydrogen-bond donors (Lipinski definition) is 3.